The molecule has 0 N–H and O–H groups in total. The van der Waals surface area contributed by atoms with Crippen LogP contribution in [0.1, 0.15) is 49.5 Å². The van der Waals surface area contributed by atoms with Crippen molar-refractivity contribution in [3.63, 3.8) is 0 Å². The smallest absolute Gasteiger partial charge is 0.427 e. The van der Waals surface area contributed by atoms with E-state index in [2.05, 4.69) is 9.72 Å². The van der Waals surface area contributed by atoms with Gasteiger partial charge in [0.2, 0.25) is 5.91 Å². The highest BCUT2D eigenvalue weighted by Crippen LogP contribution is 2.46. The average Bonchev–Trinajstić information content (AvgIpc) is 3.16. The average molecular weight is 563 g/mol. The lowest BCUT2D eigenvalue weighted by molar-refractivity contribution is -0.253. The monoisotopic (exact) mass is 562 g/mol. The predicted molar refractivity (Wildman–Crippen MR) is 133 cm³/mol. The molecule has 1 aromatic heterocycles. The second-order valence-electron chi connectivity index (χ2n) is 10.1. The largest absolute Gasteiger partial charge is 0.461 e. The Morgan fingerprint density at radius 1 is 1.19 bits per heavy atom. The first-order valence-corrected chi connectivity index (χ1v) is 12.9. The highest BCUT2D eigenvalue weighted by molar-refractivity contribution is 7.91. The van der Waals surface area contributed by atoms with Crippen molar-refractivity contribution in [1.82, 2.24) is 4.98 Å². The first-order valence-electron chi connectivity index (χ1n) is 11.1. The number of nitrogens with zero attached hydrogens (tertiary/aromatic N) is 2. The number of amides is 1. The number of hydrogen-bond acceptors (Lipinski definition) is 6. The van der Waals surface area contributed by atoms with Crippen LogP contribution in [0, 0.1) is 5.41 Å². The van der Waals surface area contributed by atoms with Gasteiger partial charge < -0.3 is 4.74 Å². The van der Waals surface area contributed by atoms with E-state index < -0.39 is 44.9 Å². The molecule has 1 fully saturated rings. The van der Waals surface area contributed by atoms with E-state index >= 15 is 0 Å². The Labute approximate surface area is 218 Å². The molecule has 0 spiro atoms. The molecule has 0 radical (unpaired) electrons. The van der Waals surface area contributed by atoms with Crippen LogP contribution in [-0.2, 0) is 20.0 Å². The van der Waals surface area contributed by atoms with Gasteiger partial charge in [-0.1, -0.05) is 6.92 Å². The number of halogens is 4. The number of fused-ring (bicyclic) bond motifs is 1. The van der Waals surface area contributed by atoms with Crippen molar-refractivity contribution in [3.05, 3.63) is 47.8 Å². The molecule has 2 aromatic rings. The van der Waals surface area contributed by atoms with Crippen molar-refractivity contribution in [3.8, 4) is 5.75 Å². The maximum Gasteiger partial charge on any atom is 0.461 e. The van der Waals surface area contributed by atoms with Gasteiger partial charge in [0.25, 0.3) is 0 Å². The molecule has 0 aliphatic carbocycles. The molecule has 1 aromatic carbocycles. The van der Waals surface area contributed by atoms with E-state index in [1.807, 2.05) is 0 Å². The molecule has 0 saturated carbocycles. The first-order chi connectivity index (χ1) is 16.5. The van der Waals surface area contributed by atoms with Gasteiger partial charge >= 0.3 is 12.5 Å². The number of aromatic nitrogens is 1. The van der Waals surface area contributed by atoms with Crippen LogP contribution in [0.15, 0.2) is 36.7 Å². The van der Waals surface area contributed by atoms with Crippen LogP contribution < -0.4 is 9.64 Å². The van der Waals surface area contributed by atoms with Gasteiger partial charge in [0.1, 0.15) is 5.75 Å². The number of carbonyl (C=O) groups excluding carboxylic acids is 2. The van der Waals surface area contributed by atoms with Crippen molar-refractivity contribution in [2.24, 2.45) is 5.41 Å². The lowest BCUT2D eigenvalue weighted by atomic mass is 9.81. The number of alkyl halides is 4. The Balaban J connectivity index is 0.00000380. The molecule has 2 aliphatic rings. The summed E-state index contributed by atoms with van der Waals surface area (Å²) in [5.41, 5.74) is -0.581. The molecular formula is C24H26F4N2O5S2. The number of pyridine rings is 1. The van der Waals surface area contributed by atoms with Crippen molar-refractivity contribution in [2.75, 3.05) is 16.4 Å². The van der Waals surface area contributed by atoms with Gasteiger partial charge in [-0.3, -0.25) is 19.5 Å². The lowest BCUT2D eigenvalue weighted by Crippen LogP contribution is -2.34. The minimum atomic E-state index is -4.74. The summed E-state index contributed by atoms with van der Waals surface area (Å²) in [6.07, 6.45) is -6.34. The van der Waals surface area contributed by atoms with E-state index in [-0.39, 0.29) is 42.9 Å². The van der Waals surface area contributed by atoms with Crippen LogP contribution >= 0.6 is 13.5 Å². The Bertz CT molecular complexity index is 1350. The summed E-state index contributed by atoms with van der Waals surface area (Å²) in [5.74, 6) is -1.38. The van der Waals surface area contributed by atoms with E-state index in [9.17, 15) is 35.6 Å². The second-order valence-corrected chi connectivity index (χ2v) is 12.3. The summed E-state index contributed by atoms with van der Waals surface area (Å²) in [4.78, 5) is 31.3. The summed E-state index contributed by atoms with van der Waals surface area (Å²) in [7, 11) is -3.18. The molecule has 1 saturated heterocycles. The van der Waals surface area contributed by atoms with E-state index in [1.165, 1.54) is 23.2 Å². The molecule has 7 nitrogen and oxygen atoms in total. The number of hydrogen-bond donors (Lipinski definition) is 0. The molecule has 37 heavy (non-hydrogen) atoms. The Hall–Kier alpha value is -2.67. The lowest BCUT2D eigenvalue weighted by Gasteiger charge is -2.22. The van der Waals surface area contributed by atoms with Crippen LogP contribution in [0.25, 0.3) is 0 Å². The molecule has 202 valence electrons. The van der Waals surface area contributed by atoms with Crippen LogP contribution in [0.3, 0.4) is 0 Å². The molecule has 0 bridgehead atoms. The van der Waals surface area contributed by atoms with Crippen molar-refractivity contribution in [1.29, 1.82) is 0 Å². The standard InChI is InChI=1S/C24H24F4N2O5S.H2S/c1-22(2)17-8-14(19(31)10-23(3)6-7-36(33,34)13-23)4-5-18(17)30(21(22)32)15-9-16(12-29-11-15)35-24(27,28)20(25)26;/h4-5,8-9,11-12,20H,6-7,10,13H2,1-3H3;1H2/t23-;/m1./s1. The van der Waals surface area contributed by atoms with Crippen LogP contribution in [-0.4, -0.2) is 49.1 Å². The SMILES string of the molecule is CC1(C)C(=O)N(c2cncc(OC(F)(F)C(F)F)c2)c2ccc(C(=O)C[C@@]3(C)CCS(=O)(=O)C3)cc21.S. The van der Waals surface area contributed by atoms with Crippen LogP contribution in [0.5, 0.6) is 5.75 Å². The van der Waals surface area contributed by atoms with Gasteiger partial charge in [-0.15, -0.1) is 0 Å². The molecule has 3 heterocycles. The van der Waals surface area contributed by atoms with Crippen molar-refractivity contribution in [2.45, 2.75) is 51.6 Å². The fourth-order valence-corrected chi connectivity index (χ4v) is 6.92. The minimum Gasteiger partial charge on any atom is -0.427 e. The summed E-state index contributed by atoms with van der Waals surface area (Å²) in [6, 6.07) is 5.62. The number of rotatable bonds is 7. The third-order valence-electron chi connectivity index (χ3n) is 6.61. The maximum atomic E-state index is 13.4. The molecule has 4 rings (SSSR count). The number of sulfone groups is 1. The minimum absolute atomic E-state index is 0. The second kappa shape index (κ2) is 9.57. The zero-order valence-electron chi connectivity index (χ0n) is 20.2. The third kappa shape index (κ3) is 5.47. The quantitative estimate of drug-likeness (QED) is 0.356. The van der Waals surface area contributed by atoms with Gasteiger partial charge in [-0.2, -0.15) is 31.1 Å². The fraction of sp³-hybridized carbons (Fsp3) is 0.458. The number of Topliss-reactive ketones (excluding diaryl/α,β-unsaturated/α-hetero) is 1. The predicted octanol–water partition coefficient (Wildman–Crippen LogP) is 4.78. The summed E-state index contributed by atoms with van der Waals surface area (Å²) < 4.78 is 79.7. The molecule has 0 unspecified atom stereocenters. The maximum absolute atomic E-state index is 13.4. The highest BCUT2D eigenvalue weighted by Gasteiger charge is 2.47. The van der Waals surface area contributed by atoms with Gasteiger partial charge in [-0.05, 0) is 49.4 Å². The number of carbonyl (C=O) groups is 2. The number of ketones is 1. The number of ether oxygens (including phenoxy) is 1. The van der Waals surface area contributed by atoms with E-state index in [4.69, 9.17) is 0 Å². The van der Waals surface area contributed by atoms with Crippen LogP contribution in [0.2, 0.25) is 0 Å². The molecule has 13 heteroatoms. The molecular weight excluding hydrogens is 536 g/mol. The zero-order valence-corrected chi connectivity index (χ0v) is 22.0. The number of anilines is 2. The summed E-state index contributed by atoms with van der Waals surface area (Å²) in [5, 5.41) is 0. The number of benzene rings is 1. The Morgan fingerprint density at radius 3 is 2.46 bits per heavy atom. The normalized spacial score (nSPS) is 22.1. The third-order valence-corrected chi connectivity index (χ3v) is 8.57. The Morgan fingerprint density at radius 2 is 1.86 bits per heavy atom. The molecule has 2 aliphatic heterocycles. The van der Waals surface area contributed by atoms with E-state index in [0.29, 0.717) is 23.2 Å². The fourth-order valence-electron chi connectivity index (χ4n) is 4.66. The summed E-state index contributed by atoms with van der Waals surface area (Å²) in [6.45, 7) is 5.02. The van der Waals surface area contributed by atoms with Gasteiger partial charge in [-0.25, -0.2) is 8.42 Å². The van der Waals surface area contributed by atoms with Gasteiger partial charge in [0.15, 0.2) is 15.6 Å². The van der Waals surface area contributed by atoms with Crippen LogP contribution in [0.4, 0.5) is 28.9 Å². The highest BCUT2D eigenvalue weighted by atomic mass is 32.2. The molecule has 1 amide bonds. The van der Waals surface area contributed by atoms with E-state index in [0.717, 1.165) is 12.3 Å². The first kappa shape index (κ1) is 28.9. The topological polar surface area (TPSA) is 93.6 Å². The van der Waals surface area contributed by atoms with Gasteiger partial charge in [0, 0.05) is 18.1 Å². The summed E-state index contributed by atoms with van der Waals surface area (Å²) >= 11 is 0. The van der Waals surface area contributed by atoms with Crippen molar-refractivity contribution >= 4 is 46.4 Å². The van der Waals surface area contributed by atoms with Crippen molar-refractivity contribution < 1.29 is 40.3 Å². The zero-order chi connectivity index (χ0) is 26.7. The van der Waals surface area contributed by atoms with E-state index in [1.54, 1.807) is 26.8 Å². The molecule has 1 atom stereocenters. The Kier molecular flexibility index (Phi) is 7.47. The van der Waals surface area contributed by atoms with Gasteiger partial charge in [0.05, 0.1) is 40.7 Å².